The number of rotatable bonds is 6. The third-order valence-electron chi connectivity index (χ3n) is 3.61. The molecule has 2 fully saturated rings. The Morgan fingerprint density at radius 3 is 2.80 bits per heavy atom. The van der Waals surface area contributed by atoms with Crippen molar-refractivity contribution in [3.63, 3.8) is 0 Å². The van der Waals surface area contributed by atoms with Gasteiger partial charge in [-0.05, 0) is 32.3 Å². The molecule has 2 heterocycles. The molecule has 1 aliphatic carbocycles. The average molecular weight is 316 g/mol. The lowest BCUT2D eigenvalue weighted by Gasteiger charge is -2.10. The van der Waals surface area contributed by atoms with Crippen LogP contribution < -0.4 is 10.0 Å². The lowest BCUT2D eigenvalue weighted by molar-refractivity contribution is 0.192. The maximum Gasteiger partial charge on any atom is 0.242 e. The second-order valence-electron chi connectivity index (χ2n) is 5.47. The highest BCUT2D eigenvalue weighted by Crippen LogP contribution is 2.27. The highest BCUT2D eigenvalue weighted by Gasteiger charge is 2.26. The lowest BCUT2D eigenvalue weighted by atomic mass is 10.3. The fourth-order valence-corrected chi connectivity index (χ4v) is 5.16. The zero-order valence-corrected chi connectivity index (χ0v) is 13.1. The van der Waals surface area contributed by atoms with E-state index in [0.29, 0.717) is 24.2 Å². The Bertz CT molecular complexity index is 572. The molecule has 1 aromatic rings. The summed E-state index contributed by atoms with van der Waals surface area (Å²) in [6, 6.07) is 2.34. The van der Waals surface area contributed by atoms with Crippen molar-refractivity contribution >= 4 is 21.4 Å². The molecule has 1 aliphatic heterocycles. The number of ether oxygens (including phenoxy) is 1. The van der Waals surface area contributed by atoms with Crippen LogP contribution in [0.5, 0.6) is 0 Å². The summed E-state index contributed by atoms with van der Waals surface area (Å²) in [6.45, 7) is 3.73. The van der Waals surface area contributed by atoms with Gasteiger partial charge in [0.2, 0.25) is 10.0 Å². The van der Waals surface area contributed by atoms with E-state index in [0.717, 1.165) is 22.7 Å². The maximum absolute atomic E-state index is 12.4. The molecule has 1 aromatic heterocycles. The molecule has 5 nitrogen and oxygen atoms in total. The second kappa shape index (κ2) is 5.73. The van der Waals surface area contributed by atoms with Crippen LogP contribution in [-0.4, -0.2) is 33.7 Å². The van der Waals surface area contributed by atoms with Gasteiger partial charge in [0.05, 0.1) is 11.5 Å². The number of hydrogen-bond donors (Lipinski definition) is 2. The molecule has 0 spiro atoms. The van der Waals surface area contributed by atoms with E-state index >= 15 is 0 Å². The van der Waals surface area contributed by atoms with E-state index in [2.05, 4.69) is 10.0 Å². The molecule has 1 unspecified atom stereocenters. The fraction of sp³-hybridized carbons (Fsp3) is 0.692. The molecule has 7 heteroatoms. The first-order chi connectivity index (χ1) is 9.54. The summed E-state index contributed by atoms with van der Waals surface area (Å²) in [4.78, 5) is 2.35. The van der Waals surface area contributed by atoms with Crippen molar-refractivity contribution in [2.24, 2.45) is 0 Å². The molecule has 3 rings (SSSR count). The Morgan fingerprint density at radius 1 is 1.35 bits per heavy atom. The zero-order valence-electron chi connectivity index (χ0n) is 11.5. The van der Waals surface area contributed by atoms with Gasteiger partial charge in [0.25, 0.3) is 0 Å². The summed E-state index contributed by atoms with van der Waals surface area (Å²) in [5, 5.41) is 3.41. The molecule has 0 bridgehead atoms. The minimum Gasteiger partial charge on any atom is -0.380 e. The van der Waals surface area contributed by atoms with Crippen LogP contribution in [0.25, 0.3) is 0 Å². The van der Waals surface area contributed by atoms with Crippen LogP contribution in [0.2, 0.25) is 0 Å². The molecule has 0 aromatic carbocycles. The van der Waals surface area contributed by atoms with E-state index < -0.39 is 10.0 Å². The monoisotopic (exact) mass is 316 g/mol. The molecule has 1 saturated heterocycles. The number of nitrogens with one attached hydrogen (secondary N) is 2. The number of sulfonamides is 1. The molecule has 20 heavy (non-hydrogen) atoms. The smallest absolute Gasteiger partial charge is 0.242 e. The Balaban J connectivity index is 1.70. The van der Waals surface area contributed by atoms with E-state index in [1.54, 1.807) is 17.4 Å². The molecule has 2 N–H and O–H groups in total. The van der Waals surface area contributed by atoms with Crippen molar-refractivity contribution in [3.8, 4) is 0 Å². The van der Waals surface area contributed by atoms with Gasteiger partial charge in [0.15, 0.2) is 0 Å². The van der Waals surface area contributed by atoms with Crippen molar-refractivity contribution < 1.29 is 13.2 Å². The standard InChI is InChI=1S/C13H20N2O3S2/c1-9-13(6-12(19-9)7-14-10-2-3-10)20(16,17)15-11-4-5-18-8-11/h6,10-11,14-15H,2-5,7-8H2,1H3. The second-order valence-corrected chi connectivity index (χ2v) is 8.49. The van der Waals surface area contributed by atoms with E-state index in [1.165, 1.54) is 12.8 Å². The van der Waals surface area contributed by atoms with Gasteiger partial charge in [0, 0.05) is 35.0 Å². The summed E-state index contributed by atoms with van der Waals surface area (Å²) in [5.74, 6) is 0. The quantitative estimate of drug-likeness (QED) is 0.832. The van der Waals surface area contributed by atoms with Gasteiger partial charge in [-0.25, -0.2) is 13.1 Å². The van der Waals surface area contributed by atoms with Crippen molar-refractivity contribution in [2.45, 2.75) is 49.7 Å². The molecule has 1 atom stereocenters. The summed E-state index contributed by atoms with van der Waals surface area (Å²) in [5.41, 5.74) is 0. The topological polar surface area (TPSA) is 67.4 Å². The third-order valence-corrected chi connectivity index (χ3v) is 6.43. The molecular weight excluding hydrogens is 296 g/mol. The van der Waals surface area contributed by atoms with Crippen LogP contribution >= 0.6 is 11.3 Å². The van der Waals surface area contributed by atoms with Gasteiger partial charge >= 0.3 is 0 Å². The lowest BCUT2D eigenvalue weighted by Crippen LogP contribution is -2.35. The number of hydrogen-bond acceptors (Lipinski definition) is 5. The molecular formula is C13H20N2O3S2. The largest absolute Gasteiger partial charge is 0.380 e. The molecule has 1 saturated carbocycles. The van der Waals surface area contributed by atoms with Crippen molar-refractivity contribution in [1.29, 1.82) is 0 Å². The van der Waals surface area contributed by atoms with Gasteiger partial charge in [-0.1, -0.05) is 0 Å². The van der Waals surface area contributed by atoms with Crippen molar-refractivity contribution in [3.05, 3.63) is 15.8 Å². The molecule has 0 radical (unpaired) electrons. The van der Waals surface area contributed by atoms with Crippen LogP contribution in [0.3, 0.4) is 0 Å². The summed E-state index contributed by atoms with van der Waals surface area (Å²) in [6.07, 6.45) is 3.22. The van der Waals surface area contributed by atoms with E-state index in [9.17, 15) is 8.42 Å². The summed E-state index contributed by atoms with van der Waals surface area (Å²) in [7, 11) is -3.42. The van der Waals surface area contributed by atoms with Crippen LogP contribution in [0.4, 0.5) is 0 Å². The maximum atomic E-state index is 12.4. The highest BCUT2D eigenvalue weighted by molar-refractivity contribution is 7.89. The van der Waals surface area contributed by atoms with Crippen LogP contribution in [0.1, 0.15) is 29.0 Å². The van der Waals surface area contributed by atoms with Crippen molar-refractivity contribution in [1.82, 2.24) is 10.0 Å². The summed E-state index contributed by atoms with van der Waals surface area (Å²) >= 11 is 1.56. The Labute approximate surface area is 123 Å². The van der Waals surface area contributed by atoms with Gasteiger partial charge in [0.1, 0.15) is 0 Å². The first kappa shape index (κ1) is 14.5. The predicted octanol–water partition coefficient (Wildman–Crippen LogP) is 1.38. The van der Waals surface area contributed by atoms with Crippen molar-refractivity contribution in [2.75, 3.05) is 13.2 Å². The first-order valence-electron chi connectivity index (χ1n) is 6.97. The van der Waals surface area contributed by atoms with Gasteiger partial charge in [-0.15, -0.1) is 11.3 Å². The number of thiophene rings is 1. The fourth-order valence-electron chi connectivity index (χ4n) is 2.32. The summed E-state index contributed by atoms with van der Waals surface area (Å²) < 4.78 is 32.7. The SMILES string of the molecule is Cc1sc(CNC2CC2)cc1S(=O)(=O)NC1CCOC1. The Hall–Kier alpha value is -0.470. The molecule has 2 aliphatic rings. The van der Waals surface area contributed by atoms with E-state index in [-0.39, 0.29) is 6.04 Å². The number of aryl methyl sites for hydroxylation is 1. The van der Waals surface area contributed by atoms with E-state index in [1.807, 2.05) is 6.92 Å². The van der Waals surface area contributed by atoms with Gasteiger partial charge < -0.3 is 10.1 Å². The van der Waals surface area contributed by atoms with Gasteiger partial charge in [-0.3, -0.25) is 0 Å². The van der Waals surface area contributed by atoms with Gasteiger partial charge in [-0.2, -0.15) is 0 Å². The van der Waals surface area contributed by atoms with Crippen LogP contribution in [-0.2, 0) is 21.3 Å². The molecule has 112 valence electrons. The highest BCUT2D eigenvalue weighted by atomic mass is 32.2. The average Bonchev–Trinajstić information content (AvgIpc) is 2.93. The zero-order chi connectivity index (χ0) is 14.2. The third kappa shape index (κ3) is 3.40. The molecule has 0 amide bonds. The first-order valence-corrected chi connectivity index (χ1v) is 9.27. The Kier molecular flexibility index (Phi) is 4.14. The van der Waals surface area contributed by atoms with E-state index in [4.69, 9.17) is 4.74 Å². The minimum absolute atomic E-state index is 0.0904. The van der Waals surface area contributed by atoms with Crippen LogP contribution in [0.15, 0.2) is 11.0 Å². The van der Waals surface area contributed by atoms with Crippen LogP contribution in [0, 0.1) is 6.92 Å². The minimum atomic E-state index is -3.42. The Morgan fingerprint density at radius 2 is 2.15 bits per heavy atom. The normalized spacial score (nSPS) is 23.4. The predicted molar refractivity (Wildman–Crippen MR) is 78.5 cm³/mol.